The van der Waals surface area contributed by atoms with Gasteiger partial charge in [0.25, 0.3) is 0 Å². The number of fused-ring (bicyclic) bond motifs is 1. The fourth-order valence-electron chi connectivity index (χ4n) is 2.35. The van der Waals surface area contributed by atoms with Crippen LogP contribution in [0.5, 0.6) is 0 Å². The molecule has 0 spiro atoms. The Balaban J connectivity index is 2.53. The molecule has 24 heavy (non-hydrogen) atoms. The van der Waals surface area contributed by atoms with E-state index in [2.05, 4.69) is 42.8 Å². The van der Waals surface area contributed by atoms with E-state index in [9.17, 15) is 5.11 Å². The largest absolute Gasteiger partial charge is 0.393 e. The van der Waals surface area contributed by atoms with Crippen molar-refractivity contribution in [2.24, 2.45) is 0 Å². The van der Waals surface area contributed by atoms with E-state index in [4.69, 9.17) is 0 Å². The number of aliphatic hydroxyl groups excluding tert-OH is 1. The van der Waals surface area contributed by atoms with Crippen LogP contribution in [0, 0.1) is 0 Å². The number of nitrogens with zero attached hydrogens (tertiary/aromatic N) is 4. The van der Waals surface area contributed by atoms with Gasteiger partial charge in [-0.3, -0.25) is 0 Å². The molecule has 0 fully saturated rings. The molecule has 0 saturated heterocycles. The number of aryl methyl sites for hydroxylation is 1. The molecule has 0 aliphatic rings. The summed E-state index contributed by atoms with van der Waals surface area (Å²) in [7, 11) is 3.57. The van der Waals surface area contributed by atoms with Crippen molar-refractivity contribution in [2.45, 2.75) is 45.6 Å². The second-order valence-corrected chi connectivity index (χ2v) is 5.61. The normalized spacial score (nSPS) is 12.2. The predicted octanol–water partition coefficient (Wildman–Crippen LogP) is 2.03. The Hall–Kier alpha value is -2.22. The zero-order valence-corrected chi connectivity index (χ0v) is 14.8. The van der Waals surface area contributed by atoms with Gasteiger partial charge in [0.2, 0.25) is 11.9 Å². The molecule has 2 heterocycles. The Kier molecular flexibility index (Phi) is 6.48. The smallest absolute Gasteiger partial charge is 0.225 e. The first-order valence-electron chi connectivity index (χ1n) is 8.48. The summed E-state index contributed by atoms with van der Waals surface area (Å²) in [6.45, 7) is 4.87. The molecular formula is C16H27N7O. The number of nitrogens with one attached hydrogen (secondary N) is 3. The molecule has 132 valence electrons. The average Bonchev–Trinajstić information content (AvgIpc) is 2.63. The van der Waals surface area contributed by atoms with Gasteiger partial charge in [-0.25, -0.2) is 15.0 Å². The van der Waals surface area contributed by atoms with Crippen LogP contribution >= 0.6 is 0 Å². The topological polar surface area (TPSA) is 108 Å². The van der Waals surface area contributed by atoms with Gasteiger partial charge in [-0.2, -0.15) is 4.98 Å². The third-order valence-electron chi connectivity index (χ3n) is 3.79. The zero-order valence-electron chi connectivity index (χ0n) is 14.8. The summed E-state index contributed by atoms with van der Waals surface area (Å²) in [4.78, 5) is 18.1. The van der Waals surface area contributed by atoms with Crippen molar-refractivity contribution in [2.75, 3.05) is 36.6 Å². The molecule has 0 amide bonds. The number of hydrogen-bond donors (Lipinski definition) is 4. The lowest BCUT2D eigenvalue weighted by Crippen LogP contribution is -2.12. The Morgan fingerprint density at radius 1 is 0.958 bits per heavy atom. The highest BCUT2D eigenvalue weighted by atomic mass is 16.3. The number of anilines is 3. The van der Waals surface area contributed by atoms with Crippen LogP contribution in [0.25, 0.3) is 11.0 Å². The Morgan fingerprint density at radius 2 is 1.62 bits per heavy atom. The SMILES string of the molecule is CCCNc1nc(NC)nc2c(CCC(O)CC)nc(NC)nc12. The monoisotopic (exact) mass is 333 g/mol. The van der Waals surface area contributed by atoms with Crippen LogP contribution in [0.3, 0.4) is 0 Å². The third-order valence-corrected chi connectivity index (χ3v) is 3.79. The lowest BCUT2D eigenvalue weighted by molar-refractivity contribution is 0.160. The van der Waals surface area contributed by atoms with Gasteiger partial charge < -0.3 is 21.1 Å². The molecule has 0 bridgehead atoms. The second-order valence-electron chi connectivity index (χ2n) is 5.61. The van der Waals surface area contributed by atoms with Gasteiger partial charge in [0, 0.05) is 20.6 Å². The summed E-state index contributed by atoms with van der Waals surface area (Å²) >= 11 is 0. The molecule has 0 radical (unpaired) electrons. The second kappa shape index (κ2) is 8.58. The molecule has 1 unspecified atom stereocenters. The third kappa shape index (κ3) is 4.19. The number of aliphatic hydroxyl groups is 1. The number of rotatable bonds is 9. The fourth-order valence-corrected chi connectivity index (χ4v) is 2.35. The van der Waals surface area contributed by atoms with Gasteiger partial charge >= 0.3 is 0 Å². The standard InChI is InChI=1S/C16H27N7O/c1-5-9-19-14-13-12(21-16(18-4)23-14)11(8-7-10(24)6-2)20-15(17-3)22-13/h10,24H,5-9H2,1-4H3,(H,17,20,22)(H2,18,19,21,23). The maximum Gasteiger partial charge on any atom is 0.225 e. The highest BCUT2D eigenvalue weighted by Crippen LogP contribution is 2.25. The van der Waals surface area contributed by atoms with Crippen LogP contribution in [0.1, 0.15) is 38.8 Å². The summed E-state index contributed by atoms with van der Waals surface area (Å²) in [5.41, 5.74) is 2.23. The van der Waals surface area contributed by atoms with Crippen molar-refractivity contribution < 1.29 is 5.11 Å². The molecule has 2 rings (SSSR count). The van der Waals surface area contributed by atoms with Crippen LogP contribution in [-0.2, 0) is 6.42 Å². The van der Waals surface area contributed by atoms with E-state index in [1.807, 2.05) is 6.92 Å². The van der Waals surface area contributed by atoms with Gasteiger partial charge in [0.1, 0.15) is 11.0 Å². The molecule has 1 atom stereocenters. The summed E-state index contributed by atoms with van der Waals surface area (Å²) in [6.07, 6.45) is 2.65. The average molecular weight is 333 g/mol. The van der Waals surface area contributed by atoms with Crippen molar-refractivity contribution >= 4 is 28.7 Å². The van der Waals surface area contributed by atoms with E-state index in [1.165, 1.54) is 0 Å². The molecular weight excluding hydrogens is 306 g/mol. The number of hydrogen-bond acceptors (Lipinski definition) is 8. The van der Waals surface area contributed by atoms with Crippen molar-refractivity contribution in [1.29, 1.82) is 0 Å². The van der Waals surface area contributed by atoms with Gasteiger partial charge in [-0.05, 0) is 25.7 Å². The first-order chi connectivity index (χ1) is 11.6. The lowest BCUT2D eigenvalue weighted by Gasteiger charge is -2.14. The van der Waals surface area contributed by atoms with Crippen LogP contribution < -0.4 is 16.0 Å². The van der Waals surface area contributed by atoms with E-state index >= 15 is 0 Å². The van der Waals surface area contributed by atoms with Crippen molar-refractivity contribution in [3.8, 4) is 0 Å². The van der Waals surface area contributed by atoms with E-state index in [0.717, 1.165) is 30.6 Å². The predicted molar refractivity (Wildman–Crippen MR) is 97.6 cm³/mol. The highest BCUT2D eigenvalue weighted by molar-refractivity contribution is 5.88. The van der Waals surface area contributed by atoms with Crippen LogP contribution in [0.4, 0.5) is 17.7 Å². The van der Waals surface area contributed by atoms with E-state index < -0.39 is 0 Å². The quantitative estimate of drug-likeness (QED) is 0.552. The molecule has 8 heteroatoms. The first-order valence-corrected chi connectivity index (χ1v) is 8.48. The molecule has 4 N–H and O–H groups in total. The van der Waals surface area contributed by atoms with Crippen LogP contribution in [0.2, 0.25) is 0 Å². The van der Waals surface area contributed by atoms with E-state index in [0.29, 0.717) is 36.1 Å². The molecule has 0 aliphatic carbocycles. The summed E-state index contributed by atoms with van der Waals surface area (Å²) in [5, 5.41) is 19.2. The van der Waals surface area contributed by atoms with Gasteiger partial charge in [-0.15, -0.1) is 0 Å². The fraction of sp³-hybridized carbons (Fsp3) is 0.625. The molecule has 8 nitrogen and oxygen atoms in total. The minimum absolute atomic E-state index is 0.337. The van der Waals surface area contributed by atoms with Crippen molar-refractivity contribution in [3.63, 3.8) is 0 Å². The maximum absolute atomic E-state index is 9.87. The molecule has 0 aromatic carbocycles. The Bertz CT molecular complexity index is 677. The molecule has 2 aromatic heterocycles. The van der Waals surface area contributed by atoms with Crippen LogP contribution in [-0.4, -0.2) is 51.8 Å². The van der Waals surface area contributed by atoms with Crippen molar-refractivity contribution in [3.05, 3.63) is 5.69 Å². The van der Waals surface area contributed by atoms with Crippen molar-refractivity contribution in [1.82, 2.24) is 19.9 Å². The molecule has 0 aliphatic heterocycles. The van der Waals surface area contributed by atoms with Gasteiger partial charge in [0.15, 0.2) is 5.82 Å². The lowest BCUT2D eigenvalue weighted by atomic mass is 10.1. The van der Waals surface area contributed by atoms with E-state index in [1.54, 1.807) is 14.1 Å². The summed E-state index contributed by atoms with van der Waals surface area (Å²) < 4.78 is 0. The maximum atomic E-state index is 9.87. The first kappa shape index (κ1) is 18.1. The summed E-state index contributed by atoms with van der Waals surface area (Å²) in [6, 6.07) is 0. The van der Waals surface area contributed by atoms with Crippen LogP contribution in [0.15, 0.2) is 0 Å². The minimum atomic E-state index is -0.337. The van der Waals surface area contributed by atoms with Gasteiger partial charge in [-0.1, -0.05) is 13.8 Å². The highest BCUT2D eigenvalue weighted by Gasteiger charge is 2.16. The minimum Gasteiger partial charge on any atom is -0.393 e. The Morgan fingerprint density at radius 3 is 2.25 bits per heavy atom. The van der Waals surface area contributed by atoms with Gasteiger partial charge in [0.05, 0.1) is 11.8 Å². The zero-order chi connectivity index (χ0) is 17.5. The summed E-state index contributed by atoms with van der Waals surface area (Å²) in [5.74, 6) is 1.76. The molecule has 0 saturated carbocycles. The Labute approximate surface area is 142 Å². The number of aromatic nitrogens is 4. The molecule has 2 aromatic rings. The van der Waals surface area contributed by atoms with E-state index in [-0.39, 0.29) is 6.10 Å².